The molecule has 5 nitrogen and oxygen atoms in total. The van der Waals surface area contributed by atoms with Gasteiger partial charge < -0.3 is 0 Å². The lowest BCUT2D eigenvalue weighted by Crippen LogP contribution is -2.40. The second kappa shape index (κ2) is 4.42. The number of carbonyl (C=O) groups excluding carboxylic acids is 1. The van der Waals surface area contributed by atoms with Gasteiger partial charge >= 0.3 is 6.03 Å². The van der Waals surface area contributed by atoms with E-state index in [1.807, 2.05) is 0 Å². The minimum absolute atomic E-state index is 0.328. The Morgan fingerprint density at radius 2 is 2.19 bits per heavy atom. The van der Waals surface area contributed by atoms with E-state index in [-0.39, 0.29) is 0 Å². The van der Waals surface area contributed by atoms with E-state index in [9.17, 15) is 13.6 Å². The van der Waals surface area contributed by atoms with Gasteiger partial charge in [-0.2, -0.15) is 0 Å². The molecular weight excluding hydrogens is 218 g/mol. The fraction of sp³-hybridized carbons (Fsp3) is 0.222. The van der Waals surface area contributed by atoms with Crippen LogP contribution in [-0.4, -0.2) is 17.7 Å². The highest BCUT2D eigenvalue weighted by atomic mass is 19.1. The first-order chi connectivity index (χ1) is 7.65. The average molecular weight is 227 g/mol. The van der Waals surface area contributed by atoms with Crippen LogP contribution >= 0.6 is 0 Å². The third kappa shape index (κ3) is 2.44. The Labute approximate surface area is 90.3 Å². The van der Waals surface area contributed by atoms with E-state index in [0.717, 1.165) is 6.07 Å². The highest BCUT2D eigenvalue weighted by Crippen LogP contribution is 2.10. The third-order valence-electron chi connectivity index (χ3n) is 2.12. The third-order valence-corrected chi connectivity index (χ3v) is 2.12. The Kier molecular flexibility index (Phi) is 2.97. The molecule has 0 atom stereocenters. The maximum absolute atomic E-state index is 13.2. The zero-order chi connectivity index (χ0) is 11.5. The number of amides is 2. The molecule has 2 N–H and O–H groups in total. The molecule has 1 aromatic rings. The zero-order valence-corrected chi connectivity index (χ0v) is 8.20. The standard InChI is InChI=1S/C9H9F2N4O/c10-7-2-1-6(8(11)5-7)3-4-15-13-9(16)12-14-15/h1-2,5,14H,3-4H2,(H,13,16). The molecule has 1 radical (unpaired) electrons. The van der Waals surface area contributed by atoms with Crippen molar-refractivity contribution in [1.29, 1.82) is 0 Å². The number of carbonyl (C=O) groups is 1. The fourth-order valence-electron chi connectivity index (χ4n) is 1.33. The van der Waals surface area contributed by atoms with Crippen LogP contribution in [0, 0.1) is 11.6 Å². The van der Waals surface area contributed by atoms with Crippen LogP contribution in [0.4, 0.5) is 13.6 Å². The Balaban J connectivity index is 1.92. The number of nitrogens with zero attached hydrogens (tertiary/aromatic N) is 2. The maximum Gasteiger partial charge on any atom is 0.369 e. The van der Waals surface area contributed by atoms with Gasteiger partial charge in [-0.3, -0.25) is 5.43 Å². The summed E-state index contributed by atoms with van der Waals surface area (Å²) in [5.41, 5.74) is 8.50. The van der Waals surface area contributed by atoms with Crippen molar-refractivity contribution in [3.05, 3.63) is 35.4 Å². The Bertz CT molecular complexity index is 412. The fourth-order valence-corrected chi connectivity index (χ4v) is 1.33. The minimum atomic E-state index is -0.608. The van der Waals surface area contributed by atoms with Crippen molar-refractivity contribution >= 4 is 6.03 Å². The molecule has 0 spiro atoms. The first kappa shape index (κ1) is 10.8. The average Bonchev–Trinajstić information content (AvgIpc) is 2.63. The molecule has 1 fully saturated rings. The van der Waals surface area contributed by atoms with Crippen molar-refractivity contribution in [2.75, 3.05) is 6.54 Å². The molecule has 85 valence electrons. The van der Waals surface area contributed by atoms with Gasteiger partial charge in [-0.05, 0) is 18.1 Å². The van der Waals surface area contributed by atoms with Crippen LogP contribution in [0.15, 0.2) is 18.2 Å². The molecule has 0 unspecified atom stereocenters. The molecule has 1 saturated heterocycles. The van der Waals surface area contributed by atoms with Crippen LogP contribution in [0.1, 0.15) is 5.56 Å². The van der Waals surface area contributed by atoms with Gasteiger partial charge in [0, 0.05) is 12.6 Å². The van der Waals surface area contributed by atoms with Crippen molar-refractivity contribution in [1.82, 2.24) is 21.5 Å². The Morgan fingerprint density at radius 3 is 2.81 bits per heavy atom. The second-order valence-electron chi connectivity index (χ2n) is 3.27. The number of nitrogens with one attached hydrogen (secondary N) is 2. The summed E-state index contributed by atoms with van der Waals surface area (Å²) in [6, 6.07) is 2.90. The number of hydrazine groups is 2. The number of urea groups is 1. The molecule has 16 heavy (non-hydrogen) atoms. The van der Waals surface area contributed by atoms with Gasteiger partial charge in [0.25, 0.3) is 0 Å². The van der Waals surface area contributed by atoms with Crippen LogP contribution in [0.2, 0.25) is 0 Å². The summed E-state index contributed by atoms with van der Waals surface area (Å²) in [4.78, 5) is 10.7. The van der Waals surface area contributed by atoms with Crippen molar-refractivity contribution < 1.29 is 13.6 Å². The SMILES string of the molecule is O=C1[N]NN(CCc2ccc(F)cc2F)N1. The van der Waals surface area contributed by atoms with E-state index in [1.165, 1.54) is 17.3 Å². The largest absolute Gasteiger partial charge is 0.369 e. The van der Waals surface area contributed by atoms with Crippen molar-refractivity contribution in [2.45, 2.75) is 6.42 Å². The molecule has 2 amide bonds. The lowest BCUT2D eigenvalue weighted by molar-refractivity contribution is 0.171. The second-order valence-corrected chi connectivity index (χ2v) is 3.27. The van der Waals surface area contributed by atoms with Crippen LogP contribution in [0.25, 0.3) is 0 Å². The highest BCUT2D eigenvalue weighted by Gasteiger charge is 2.18. The van der Waals surface area contributed by atoms with E-state index < -0.39 is 17.7 Å². The first-order valence-corrected chi connectivity index (χ1v) is 4.63. The summed E-state index contributed by atoms with van der Waals surface area (Å²) in [5.74, 6) is -1.20. The molecule has 7 heteroatoms. The number of rotatable bonds is 3. The molecule has 1 aromatic carbocycles. The summed E-state index contributed by atoms with van der Waals surface area (Å²) < 4.78 is 25.8. The number of hydrogen-bond donors (Lipinski definition) is 2. The molecule has 0 aromatic heterocycles. The van der Waals surface area contributed by atoms with Crippen LogP contribution < -0.4 is 16.4 Å². The summed E-state index contributed by atoms with van der Waals surface area (Å²) in [5, 5.41) is 1.32. The highest BCUT2D eigenvalue weighted by molar-refractivity contribution is 5.73. The van der Waals surface area contributed by atoms with Crippen LogP contribution in [0.3, 0.4) is 0 Å². The van der Waals surface area contributed by atoms with Gasteiger partial charge in [0.2, 0.25) is 0 Å². The number of benzene rings is 1. The first-order valence-electron chi connectivity index (χ1n) is 4.63. The van der Waals surface area contributed by atoms with E-state index >= 15 is 0 Å². The molecule has 1 heterocycles. The number of halogens is 2. The molecule has 1 aliphatic rings. The van der Waals surface area contributed by atoms with Gasteiger partial charge in [0.05, 0.1) is 0 Å². The lowest BCUT2D eigenvalue weighted by atomic mass is 10.1. The molecule has 0 aliphatic carbocycles. The van der Waals surface area contributed by atoms with Gasteiger partial charge in [-0.15, -0.1) is 16.1 Å². The summed E-state index contributed by atoms with van der Waals surface area (Å²) in [6.07, 6.45) is 0.328. The summed E-state index contributed by atoms with van der Waals surface area (Å²) in [6.45, 7) is 0.331. The van der Waals surface area contributed by atoms with Crippen molar-refractivity contribution in [3.63, 3.8) is 0 Å². The summed E-state index contributed by atoms with van der Waals surface area (Å²) in [7, 11) is 0. The lowest BCUT2D eigenvalue weighted by Gasteiger charge is -2.12. The van der Waals surface area contributed by atoms with E-state index in [4.69, 9.17) is 0 Å². The molecule has 0 saturated carbocycles. The zero-order valence-electron chi connectivity index (χ0n) is 8.20. The minimum Gasteiger partial charge on any atom is -0.253 e. The predicted octanol–water partition coefficient (Wildman–Crippen LogP) is 0.471. The topological polar surface area (TPSA) is 58.5 Å². The molecule has 1 aliphatic heterocycles. The van der Waals surface area contributed by atoms with Gasteiger partial charge in [-0.1, -0.05) is 6.07 Å². The van der Waals surface area contributed by atoms with E-state index in [2.05, 4.69) is 16.4 Å². The van der Waals surface area contributed by atoms with Gasteiger partial charge in [0.1, 0.15) is 11.6 Å². The smallest absolute Gasteiger partial charge is 0.253 e. The van der Waals surface area contributed by atoms with Gasteiger partial charge in [0.15, 0.2) is 0 Å². The number of hydrogen-bond acceptors (Lipinski definition) is 3. The van der Waals surface area contributed by atoms with E-state index in [0.29, 0.717) is 18.5 Å². The molecule has 2 rings (SSSR count). The molecule has 0 bridgehead atoms. The normalized spacial score (nSPS) is 16.0. The van der Waals surface area contributed by atoms with Crippen molar-refractivity contribution in [2.24, 2.45) is 0 Å². The van der Waals surface area contributed by atoms with Crippen LogP contribution in [0.5, 0.6) is 0 Å². The predicted molar refractivity (Wildman–Crippen MR) is 50.6 cm³/mol. The van der Waals surface area contributed by atoms with Crippen molar-refractivity contribution in [3.8, 4) is 0 Å². The molecular formula is C9H9F2N4O. The Hall–Kier alpha value is -1.73. The monoisotopic (exact) mass is 227 g/mol. The Morgan fingerprint density at radius 1 is 1.38 bits per heavy atom. The summed E-state index contributed by atoms with van der Waals surface area (Å²) >= 11 is 0. The van der Waals surface area contributed by atoms with Gasteiger partial charge in [-0.25, -0.2) is 13.6 Å². The van der Waals surface area contributed by atoms with E-state index in [1.54, 1.807) is 0 Å². The quantitative estimate of drug-likeness (QED) is 0.789. The van der Waals surface area contributed by atoms with Crippen LogP contribution in [-0.2, 0) is 6.42 Å². The maximum atomic E-state index is 13.2.